The molecule has 1 saturated carbocycles. The maximum atomic E-state index is 11.0. The van der Waals surface area contributed by atoms with E-state index in [2.05, 4.69) is 6.92 Å². The van der Waals surface area contributed by atoms with E-state index in [0.29, 0.717) is 22.9 Å². The van der Waals surface area contributed by atoms with Crippen molar-refractivity contribution in [2.45, 2.75) is 38.7 Å². The molecule has 4 nitrogen and oxygen atoms in total. The molecule has 2 atom stereocenters. The van der Waals surface area contributed by atoms with Gasteiger partial charge >= 0.3 is 0 Å². The Kier molecular flexibility index (Phi) is 3.75. The van der Waals surface area contributed by atoms with Crippen LogP contribution in [0.1, 0.15) is 43.0 Å². The van der Waals surface area contributed by atoms with Crippen LogP contribution in [0.25, 0.3) is 0 Å². The number of hydrogen-bond donors (Lipinski definition) is 2. The maximum absolute atomic E-state index is 11.0. The number of rotatable bonds is 3. The van der Waals surface area contributed by atoms with Gasteiger partial charge in [0.2, 0.25) is 5.91 Å². The Morgan fingerprint density at radius 2 is 2.17 bits per heavy atom. The molecule has 2 unspecified atom stereocenters. The van der Waals surface area contributed by atoms with Gasteiger partial charge in [0.25, 0.3) is 0 Å². The number of carbonyl (C=O) groups excluding carboxylic acids is 1. The zero-order chi connectivity index (χ0) is 13.1. The van der Waals surface area contributed by atoms with Gasteiger partial charge < -0.3 is 16.2 Å². The second-order valence-electron chi connectivity index (χ2n) is 5.13. The molecule has 0 saturated heterocycles. The van der Waals surface area contributed by atoms with Crippen LogP contribution >= 0.6 is 0 Å². The van der Waals surface area contributed by atoms with Gasteiger partial charge in [-0.2, -0.15) is 0 Å². The number of anilines is 1. The number of benzene rings is 1. The number of primary amides is 1. The Morgan fingerprint density at radius 1 is 1.39 bits per heavy atom. The molecule has 2 rings (SSSR count). The van der Waals surface area contributed by atoms with Gasteiger partial charge in [0, 0.05) is 5.56 Å². The van der Waals surface area contributed by atoms with Crippen molar-refractivity contribution in [1.82, 2.24) is 0 Å². The smallest absolute Gasteiger partial charge is 0.248 e. The van der Waals surface area contributed by atoms with Gasteiger partial charge in [0.15, 0.2) is 0 Å². The third-order valence-corrected chi connectivity index (χ3v) is 3.48. The number of nitrogens with two attached hydrogens (primary N) is 2. The molecular formula is C14H20N2O2. The fourth-order valence-electron chi connectivity index (χ4n) is 2.47. The van der Waals surface area contributed by atoms with Crippen molar-refractivity contribution in [3.8, 4) is 5.75 Å². The van der Waals surface area contributed by atoms with Crippen molar-refractivity contribution in [3.05, 3.63) is 23.8 Å². The van der Waals surface area contributed by atoms with Crippen molar-refractivity contribution in [2.75, 3.05) is 5.73 Å². The third-order valence-electron chi connectivity index (χ3n) is 3.48. The van der Waals surface area contributed by atoms with Gasteiger partial charge in [0.05, 0.1) is 11.8 Å². The summed E-state index contributed by atoms with van der Waals surface area (Å²) in [4.78, 5) is 11.0. The summed E-state index contributed by atoms with van der Waals surface area (Å²) < 4.78 is 5.91. The molecule has 4 heteroatoms. The van der Waals surface area contributed by atoms with Gasteiger partial charge in [-0.3, -0.25) is 4.79 Å². The Morgan fingerprint density at radius 3 is 2.78 bits per heavy atom. The molecule has 1 aromatic carbocycles. The fourth-order valence-corrected chi connectivity index (χ4v) is 2.47. The van der Waals surface area contributed by atoms with Gasteiger partial charge in [-0.05, 0) is 43.4 Å². The highest BCUT2D eigenvalue weighted by molar-refractivity contribution is 5.94. The molecule has 1 aliphatic rings. The first-order chi connectivity index (χ1) is 8.56. The average molecular weight is 248 g/mol. The van der Waals surface area contributed by atoms with E-state index >= 15 is 0 Å². The lowest BCUT2D eigenvalue weighted by atomic mass is 9.89. The van der Waals surface area contributed by atoms with Crippen molar-refractivity contribution < 1.29 is 9.53 Å². The molecule has 0 heterocycles. The van der Waals surface area contributed by atoms with Crippen LogP contribution in [0.3, 0.4) is 0 Å². The summed E-state index contributed by atoms with van der Waals surface area (Å²) in [6, 6.07) is 4.96. The predicted octanol–water partition coefficient (Wildman–Crippen LogP) is 2.33. The van der Waals surface area contributed by atoms with Crippen LogP contribution in [0.2, 0.25) is 0 Å². The van der Waals surface area contributed by atoms with E-state index in [0.717, 1.165) is 12.8 Å². The van der Waals surface area contributed by atoms with Gasteiger partial charge in [-0.25, -0.2) is 0 Å². The molecule has 1 aromatic rings. The summed E-state index contributed by atoms with van der Waals surface area (Å²) >= 11 is 0. The van der Waals surface area contributed by atoms with Crippen LogP contribution in [0.5, 0.6) is 5.75 Å². The molecule has 0 aliphatic heterocycles. The molecule has 18 heavy (non-hydrogen) atoms. The number of ether oxygens (including phenoxy) is 1. The van der Waals surface area contributed by atoms with Crippen molar-refractivity contribution in [2.24, 2.45) is 11.7 Å². The molecular weight excluding hydrogens is 228 g/mol. The van der Waals surface area contributed by atoms with E-state index < -0.39 is 5.91 Å². The van der Waals surface area contributed by atoms with Gasteiger partial charge in [0.1, 0.15) is 5.75 Å². The summed E-state index contributed by atoms with van der Waals surface area (Å²) in [5, 5.41) is 0. The lowest BCUT2D eigenvalue weighted by Gasteiger charge is -2.27. The minimum absolute atomic E-state index is 0.232. The lowest BCUT2D eigenvalue weighted by molar-refractivity contribution is 0.1000. The van der Waals surface area contributed by atoms with E-state index in [-0.39, 0.29) is 6.10 Å². The van der Waals surface area contributed by atoms with Crippen LogP contribution < -0.4 is 16.2 Å². The molecule has 0 bridgehead atoms. The normalized spacial score (nSPS) is 23.6. The van der Waals surface area contributed by atoms with Crippen molar-refractivity contribution in [3.63, 3.8) is 0 Å². The Bertz CT molecular complexity index is 445. The van der Waals surface area contributed by atoms with E-state index in [1.54, 1.807) is 18.2 Å². The second kappa shape index (κ2) is 5.29. The fraction of sp³-hybridized carbons (Fsp3) is 0.500. The summed E-state index contributed by atoms with van der Waals surface area (Å²) in [6.07, 6.45) is 4.84. The maximum Gasteiger partial charge on any atom is 0.248 e. The molecule has 4 N–H and O–H groups in total. The summed E-state index contributed by atoms with van der Waals surface area (Å²) in [7, 11) is 0. The molecule has 1 fully saturated rings. The highest BCUT2D eigenvalue weighted by Crippen LogP contribution is 2.30. The monoisotopic (exact) mass is 248 g/mol. The van der Waals surface area contributed by atoms with Crippen LogP contribution in [0.15, 0.2) is 18.2 Å². The Balaban J connectivity index is 2.07. The van der Waals surface area contributed by atoms with E-state index in [1.807, 2.05) is 0 Å². The highest BCUT2D eigenvalue weighted by Gasteiger charge is 2.21. The SMILES string of the molecule is CC1CCCC(Oc2ccc(C(N)=O)cc2N)C1. The van der Waals surface area contributed by atoms with Crippen LogP contribution in [0, 0.1) is 5.92 Å². The topological polar surface area (TPSA) is 78.3 Å². The van der Waals surface area contributed by atoms with Crippen LogP contribution in [-0.4, -0.2) is 12.0 Å². The number of amides is 1. The van der Waals surface area contributed by atoms with E-state index in [1.165, 1.54) is 12.8 Å². The minimum Gasteiger partial charge on any atom is -0.488 e. The molecule has 98 valence electrons. The van der Waals surface area contributed by atoms with Gasteiger partial charge in [-0.15, -0.1) is 0 Å². The van der Waals surface area contributed by atoms with E-state index in [9.17, 15) is 4.79 Å². The zero-order valence-electron chi connectivity index (χ0n) is 10.7. The Hall–Kier alpha value is -1.71. The number of nitrogen functional groups attached to an aromatic ring is 1. The van der Waals surface area contributed by atoms with Crippen molar-refractivity contribution in [1.29, 1.82) is 0 Å². The molecule has 1 aliphatic carbocycles. The second-order valence-corrected chi connectivity index (χ2v) is 5.13. The third kappa shape index (κ3) is 2.94. The van der Waals surface area contributed by atoms with E-state index in [4.69, 9.17) is 16.2 Å². The quantitative estimate of drug-likeness (QED) is 0.806. The number of hydrogen-bond acceptors (Lipinski definition) is 3. The number of carbonyl (C=O) groups is 1. The molecule has 1 amide bonds. The van der Waals surface area contributed by atoms with Crippen LogP contribution in [0.4, 0.5) is 5.69 Å². The highest BCUT2D eigenvalue weighted by atomic mass is 16.5. The molecule has 0 spiro atoms. The largest absolute Gasteiger partial charge is 0.488 e. The first kappa shape index (κ1) is 12.7. The van der Waals surface area contributed by atoms with Crippen LogP contribution in [-0.2, 0) is 0 Å². The molecule has 0 radical (unpaired) electrons. The first-order valence-electron chi connectivity index (χ1n) is 6.42. The lowest BCUT2D eigenvalue weighted by Crippen LogP contribution is -2.24. The molecule has 0 aromatic heterocycles. The standard InChI is InChI=1S/C14H20N2O2/c1-9-3-2-4-11(7-9)18-13-6-5-10(14(16)17)8-12(13)15/h5-6,8-9,11H,2-4,7,15H2,1H3,(H2,16,17). The average Bonchev–Trinajstić information content (AvgIpc) is 2.31. The summed E-state index contributed by atoms with van der Waals surface area (Å²) in [6.45, 7) is 2.25. The minimum atomic E-state index is -0.473. The first-order valence-corrected chi connectivity index (χ1v) is 6.42. The Labute approximate surface area is 107 Å². The zero-order valence-corrected chi connectivity index (χ0v) is 10.7. The van der Waals surface area contributed by atoms with Crippen molar-refractivity contribution >= 4 is 11.6 Å². The van der Waals surface area contributed by atoms with Gasteiger partial charge in [-0.1, -0.05) is 13.3 Å². The predicted molar refractivity (Wildman–Crippen MR) is 71.4 cm³/mol. The summed E-state index contributed by atoms with van der Waals surface area (Å²) in [5.41, 5.74) is 12.0. The summed E-state index contributed by atoms with van der Waals surface area (Å²) in [5.74, 6) is 0.883.